The van der Waals surface area contributed by atoms with Crippen LogP contribution in [0.5, 0.6) is 0 Å². The number of nitrogens with zero attached hydrogens (tertiary/aromatic N) is 2. The molecule has 0 unspecified atom stereocenters. The number of aromatic nitrogens is 2. The molecule has 2 aromatic rings. The smallest absolute Gasteiger partial charge is 0.263 e. The van der Waals surface area contributed by atoms with Gasteiger partial charge < -0.3 is 5.32 Å². The minimum absolute atomic E-state index is 0.00932. The van der Waals surface area contributed by atoms with Gasteiger partial charge in [-0.15, -0.1) is 17.9 Å². The second-order valence-electron chi connectivity index (χ2n) is 6.10. The van der Waals surface area contributed by atoms with Crippen LogP contribution in [0.4, 0.5) is 0 Å². The molecule has 5 nitrogen and oxygen atoms in total. The van der Waals surface area contributed by atoms with Crippen molar-refractivity contribution in [2.75, 3.05) is 12.3 Å². The Morgan fingerprint density at radius 2 is 2.25 bits per heavy atom. The minimum atomic E-state index is -0.0531. The third-order valence-corrected chi connectivity index (χ3v) is 6.26. The number of thioether (sulfide) groups is 1. The van der Waals surface area contributed by atoms with E-state index in [-0.39, 0.29) is 17.2 Å². The Hall–Kier alpha value is -1.60. The average Bonchev–Trinajstić information content (AvgIpc) is 3.33. The molecule has 0 atom stereocenters. The summed E-state index contributed by atoms with van der Waals surface area (Å²) in [6, 6.07) is 0. The molecule has 1 aliphatic carbocycles. The largest absolute Gasteiger partial charge is 0.355 e. The molecule has 0 bridgehead atoms. The zero-order valence-corrected chi connectivity index (χ0v) is 15.6. The summed E-state index contributed by atoms with van der Waals surface area (Å²) in [5.41, 5.74) is 0.937. The Labute approximate surface area is 149 Å². The third kappa shape index (κ3) is 3.57. The van der Waals surface area contributed by atoms with Crippen LogP contribution < -0.4 is 10.9 Å². The summed E-state index contributed by atoms with van der Waals surface area (Å²) in [5, 5.41) is 4.20. The molecular weight excluding hydrogens is 342 g/mol. The van der Waals surface area contributed by atoms with Gasteiger partial charge in [-0.05, 0) is 38.2 Å². The zero-order chi connectivity index (χ0) is 17.3. The maximum absolute atomic E-state index is 12.8. The van der Waals surface area contributed by atoms with Gasteiger partial charge in [0.1, 0.15) is 4.83 Å². The number of amides is 1. The van der Waals surface area contributed by atoms with Crippen LogP contribution in [0.3, 0.4) is 0 Å². The molecule has 0 saturated heterocycles. The van der Waals surface area contributed by atoms with Crippen molar-refractivity contribution >= 4 is 39.2 Å². The molecule has 1 saturated carbocycles. The molecule has 0 spiro atoms. The maximum Gasteiger partial charge on any atom is 0.263 e. The first-order valence-corrected chi connectivity index (χ1v) is 9.82. The number of nitrogens with one attached hydrogen (secondary N) is 1. The summed E-state index contributed by atoms with van der Waals surface area (Å²) < 4.78 is 1.60. The van der Waals surface area contributed by atoms with E-state index >= 15 is 0 Å². The summed E-state index contributed by atoms with van der Waals surface area (Å²) >= 11 is 2.84. The van der Waals surface area contributed by atoms with Crippen molar-refractivity contribution in [3.8, 4) is 0 Å². The third-order valence-electron chi connectivity index (χ3n) is 4.18. The maximum atomic E-state index is 12.8. The fourth-order valence-corrected chi connectivity index (χ4v) is 4.38. The van der Waals surface area contributed by atoms with Crippen LogP contribution in [0, 0.1) is 19.8 Å². The first-order valence-electron chi connectivity index (χ1n) is 8.02. The van der Waals surface area contributed by atoms with Gasteiger partial charge in [-0.2, -0.15) is 0 Å². The van der Waals surface area contributed by atoms with E-state index in [0.29, 0.717) is 23.0 Å². The number of carbonyl (C=O) groups is 1. The fourth-order valence-electron chi connectivity index (χ4n) is 2.47. The number of rotatable bonds is 7. The first kappa shape index (κ1) is 17.2. The van der Waals surface area contributed by atoms with Crippen molar-refractivity contribution in [2.24, 2.45) is 5.92 Å². The van der Waals surface area contributed by atoms with Gasteiger partial charge in [0.25, 0.3) is 5.56 Å². The highest BCUT2D eigenvalue weighted by molar-refractivity contribution is 7.99. The van der Waals surface area contributed by atoms with Gasteiger partial charge in [-0.25, -0.2) is 4.98 Å². The van der Waals surface area contributed by atoms with Crippen molar-refractivity contribution in [3.63, 3.8) is 0 Å². The fraction of sp³-hybridized carbons (Fsp3) is 0.471. The standard InChI is InChI=1S/C17H21N3O2S2/c1-4-7-20-16(22)14-10(2)11(3)24-15(14)19-17(20)23-9-13(21)18-8-12-5-6-12/h4,12H,1,5-9H2,2-3H3,(H,18,21). The van der Waals surface area contributed by atoms with E-state index in [1.165, 1.54) is 35.9 Å². The predicted molar refractivity (Wildman–Crippen MR) is 100 cm³/mol. The van der Waals surface area contributed by atoms with Crippen LogP contribution in [-0.4, -0.2) is 27.8 Å². The molecule has 2 heterocycles. The molecule has 24 heavy (non-hydrogen) atoms. The normalized spacial score (nSPS) is 14.1. The van der Waals surface area contributed by atoms with Gasteiger partial charge in [0.2, 0.25) is 5.91 Å². The Morgan fingerprint density at radius 3 is 2.92 bits per heavy atom. The summed E-state index contributed by atoms with van der Waals surface area (Å²) in [5.74, 6) is 0.917. The summed E-state index contributed by atoms with van der Waals surface area (Å²) in [7, 11) is 0. The van der Waals surface area contributed by atoms with E-state index in [4.69, 9.17) is 0 Å². The molecule has 3 rings (SSSR count). The van der Waals surface area contributed by atoms with E-state index < -0.39 is 0 Å². The topological polar surface area (TPSA) is 64.0 Å². The van der Waals surface area contributed by atoms with E-state index in [2.05, 4.69) is 16.9 Å². The molecule has 2 aromatic heterocycles. The van der Waals surface area contributed by atoms with Gasteiger partial charge in [0, 0.05) is 18.0 Å². The van der Waals surface area contributed by atoms with Crippen LogP contribution in [0.1, 0.15) is 23.3 Å². The van der Waals surface area contributed by atoms with E-state index in [9.17, 15) is 9.59 Å². The van der Waals surface area contributed by atoms with Crippen molar-refractivity contribution < 1.29 is 4.79 Å². The molecule has 1 fully saturated rings. The molecule has 0 aromatic carbocycles. The van der Waals surface area contributed by atoms with Crippen molar-refractivity contribution in [3.05, 3.63) is 33.4 Å². The second-order valence-corrected chi connectivity index (χ2v) is 8.24. The summed E-state index contributed by atoms with van der Waals surface area (Å²) in [4.78, 5) is 31.2. The SMILES string of the molecule is C=CCn1c(SCC(=O)NCC2CC2)nc2sc(C)c(C)c2c1=O. The van der Waals surface area contributed by atoms with Gasteiger partial charge >= 0.3 is 0 Å². The molecule has 128 valence electrons. The Morgan fingerprint density at radius 1 is 1.50 bits per heavy atom. The van der Waals surface area contributed by atoms with E-state index in [1.807, 2.05) is 13.8 Å². The van der Waals surface area contributed by atoms with E-state index in [1.54, 1.807) is 10.6 Å². The first-order chi connectivity index (χ1) is 11.5. The Bertz CT molecular complexity index is 850. The van der Waals surface area contributed by atoms with Crippen molar-refractivity contribution in [1.29, 1.82) is 0 Å². The Balaban J connectivity index is 1.85. The number of hydrogen-bond donors (Lipinski definition) is 1. The van der Waals surface area contributed by atoms with Crippen LogP contribution in [0.2, 0.25) is 0 Å². The molecule has 1 aliphatic rings. The predicted octanol–water partition coefficient (Wildman–Crippen LogP) is 2.88. The van der Waals surface area contributed by atoms with Gasteiger partial charge in [-0.1, -0.05) is 17.8 Å². The number of aryl methyl sites for hydroxylation is 2. The van der Waals surface area contributed by atoms with Crippen LogP contribution in [0.15, 0.2) is 22.6 Å². The van der Waals surface area contributed by atoms with E-state index in [0.717, 1.165) is 21.8 Å². The Kier molecular flexibility index (Phi) is 5.10. The lowest BCUT2D eigenvalue weighted by Crippen LogP contribution is -2.28. The van der Waals surface area contributed by atoms with Crippen molar-refractivity contribution in [2.45, 2.75) is 38.4 Å². The zero-order valence-electron chi connectivity index (χ0n) is 13.9. The highest BCUT2D eigenvalue weighted by atomic mass is 32.2. The number of carbonyl (C=O) groups excluding carboxylic acids is 1. The highest BCUT2D eigenvalue weighted by Crippen LogP contribution is 2.29. The highest BCUT2D eigenvalue weighted by Gasteiger charge is 2.22. The quantitative estimate of drug-likeness (QED) is 0.467. The molecular formula is C17H21N3O2S2. The number of hydrogen-bond acceptors (Lipinski definition) is 5. The molecule has 7 heteroatoms. The van der Waals surface area contributed by atoms with Gasteiger partial charge in [0.15, 0.2) is 5.16 Å². The summed E-state index contributed by atoms with van der Waals surface area (Å²) in [6.45, 7) is 8.82. The van der Waals surface area contributed by atoms with Gasteiger partial charge in [0.05, 0.1) is 11.1 Å². The van der Waals surface area contributed by atoms with Crippen LogP contribution in [0.25, 0.3) is 10.2 Å². The number of allylic oxidation sites excluding steroid dienone is 1. The lowest BCUT2D eigenvalue weighted by Gasteiger charge is -2.10. The number of fused-ring (bicyclic) bond motifs is 1. The molecule has 1 amide bonds. The molecule has 0 aliphatic heterocycles. The lowest BCUT2D eigenvalue weighted by atomic mass is 10.2. The second kappa shape index (κ2) is 7.11. The minimum Gasteiger partial charge on any atom is -0.355 e. The monoisotopic (exact) mass is 363 g/mol. The number of thiophene rings is 1. The van der Waals surface area contributed by atoms with Crippen LogP contribution >= 0.6 is 23.1 Å². The van der Waals surface area contributed by atoms with Crippen LogP contribution in [-0.2, 0) is 11.3 Å². The summed E-state index contributed by atoms with van der Waals surface area (Å²) in [6.07, 6.45) is 4.10. The lowest BCUT2D eigenvalue weighted by molar-refractivity contribution is -0.118. The average molecular weight is 364 g/mol. The van der Waals surface area contributed by atoms with Gasteiger partial charge in [-0.3, -0.25) is 14.2 Å². The molecule has 0 radical (unpaired) electrons. The molecule has 1 N–H and O–H groups in total. The van der Waals surface area contributed by atoms with Crippen molar-refractivity contribution in [1.82, 2.24) is 14.9 Å².